The average Bonchev–Trinajstić information content (AvgIpc) is 3.65. The Balaban J connectivity index is 1.82. The number of unbranched alkanes of at least 4 members (excludes halogenated alkanes) is 13. The number of phosphoric ester groups is 2. The van der Waals surface area contributed by atoms with Crippen molar-refractivity contribution in [3.8, 4) is 0 Å². The largest absolute Gasteiger partial charge is 0.481 e. The third-order valence-corrected chi connectivity index (χ3v) is 14.4. The van der Waals surface area contributed by atoms with E-state index in [0.717, 1.165) is 101 Å². The number of hydrogen-bond donors (Lipinski definition) is 6. The first-order valence-corrected chi connectivity index (χ1v) is 30.2. The highest BCUT2D eigenvalue weighted by Crippen LogP contribution is 2.60. The number of ether oxygens (including phenoxy) is 3. The molecule has 1 aliphatic rings. The topological polar surface area (TPSA) is 286 Å². The highest BCUT2D eigenvalue weighted by Gasteiger charge is 2.46. The number of allylic oxidation sites excluding steroid dienone is 13. The second kappa shape index (κ2) is 41.9. The van der Waals surface area contributed by atoms with Gasteiger partial charge in [0, 0.05) is 19.0 Å². The summed E-state index contributed by atoms with van der Waals surface area (Å²) in [5.74, 6) is -1.41. The Morgan fingerprint density at radius 1 is 0.697 bits per heavy atom. The van der Waals surface area contributed by atoms with Crippen LogP contribution in [-0.2, 0) is 46.3 Å². The summed E-state index contributed by atoms with van der Waals surface area (Å²) >= 11 is 0. The Morgan fingerprint density at radius 3 is 1.87 bits per heavy atom. The molecule has 1 aliphatic heterocycles. The van der Waals surface area contributed by atoms with E-state index in [4.69, 9.17) is 29.0 Å². The van der Waals surface area contributed by atoms with Gasteiger partial charge in [-0.15, -0.1) is 0 Å². The van der Waals surface area contributed by atoms with Gasteiger partial charge in [-0.3, -0.25) is 23.2 Å². The fraction of sp³-hybridized carbons (Fsp3) is 0.636. The maximum atomic E-state index is 12.9. The summed E-state index contributed by atoms with van der Waals surface area (Å²) in [5.41, 5.74) is 4.58. The molecule has 0 aromatic carbocycles. The molecule has 2 heterocycles. The van der Waals surface area contributed by atoms with E-state index in [0.29, 0.717) is 25.7 Å². The normalized spacial score (nSPS) is 19.8. The van der Waals surface area contributed by atoms with Crippen molar-refractivity contribution in [1.29, 1.82) is 0 Å². The van der Waals surface area contributed by atoms with Crippen molar-refractivity contribution in [2.75, 3.05) is 25.6 Å². The quantitative estimate of drug-likeness (QED) is 0.0116. The van der Waals surface area contributed by atoms with E-state index in [1.54, 1.807) is 6.08 Å². The van der Waals surface area contributed by atoms with Gasteiger partial charge in [-0.2, -0.15) is 9.29 Å². The SMILES string of the molecule is CCCCCC/C=C\C/C=C\C/C=C\CCCCCCCCC(=O)O[C@H](COC(=O)CCC/C=C\C/C=C\C/C=C\C=C\[C@H](O)CCCCC)COP(=O)(O)OP(=O)(O)OC[C@H]1O[C@@H](n2ccc(N)nc2=O)[C@H](O)[C@@H]1O. The molecule has 0 saturated carbocycles. The summed E-state index contributed by atoms with van der Waals surface area (Å²) in [4.78, 5) is 62.0. The zero-order chi connectivity index (χ0) is 55.7. The number of phosphoric acid groups is 2. The molecule has 1 saturated heterocycles. The molecule has 7 N–H and O–H groups in total. The number of aromatic nitrogens is 2. The molecule has 21 heteroatoms. The number of nitrogen functional groups attached to an aromatic ring is 1. The molecule has 1 fully saturated rings. The summed E-state index contributed by atoms with van der Waals surface area (Å²) in [6.07, 6.45) is 42.6. The first-order valence-electron chi connectivity index (χ1n) is 27.2. The minimum atomic E-state index is -5.45. The Bertz CT molecular complexity index is 2120. The van der Waals surface area contributed by atoms with E-state index in [9.17, 15) is 48.6 Å². The first kappa shape index (κ1) is 68.0. The third-order valence-electron chi connectivity index (χ3n) is 11.8. The summed E-state index contributed by atoms with van der Waals surface area (Å²) in [5, 5.41) is 30.9. The molecule has 0 amide bonds. The lowest BCUT2D eigenvalue weighted by atomic mass is 10.1. The highest BCUT2D eigenvalue weighted by atomic mass is 31.3. The minimum absolute atomic E-state index is 0.0103. The molecule has 1 aromatic heterocycles. The van der Waals surface area contributed by atoms with Crippen LogP contribution in [0.25, 0.3) is 0 Å². The molecule has 19 nitrogen and oxygen atoms in total. The van der Waals surface area contributed by atoms with Crippen LogP contribution in [-0.4, -0.2) is 96.9 Å². The lowest BCUT2D eigenvalue weighted by molar-refractivity contribution is -0.161. The van der Waals surface area contributed by atoms with Crippen molar-refractivity contribution >= 4 is 33.4 Å². The maximum Gasteiger partial charge on any atom is 0.481 e. The van der Waals surface area contributed by atoms with E-state index in [-0.39, 0.29) is 18.7 Å². The van der Waals surface area contributed by atoms with Crippen LogP contribution in [0.5, 0.6) is 0 Å². The van der Waals surface area contributed by atoms with Gasteiger partial charge in [-0.1, -0.05) is 163 Å². The zero-order valence-corrected chi connectivity index (χ0v) is 46.7. The highest BCUT2D eigenvalue weighted by molar-refractivity contribution is 7.61. The first-order chi connectivity index (χ1) is 36.6. The van der Waals surface area contributed by atoms with E-state index < -0.39 is 89.8 Å². The van der Waals surface area contributed by atoms with Gasteiger partial charge in [0.05, 0.1) is 19.3 Å². The molecule has 0 radical (unpaired) electrons. The van der Waals surface area contributed by atoms with E-state index in [1.165, 1.54) is 31.7 Å². The molecule has 0 bridgehead atoms. The molecule has 2 rings (SSSR count). The van der Waals surface area contributed by atoms with Crippen molar-refractivity contribution in [3.05, 3.63) is 108 Å². The van der Waals surface area contributed by atoms with Crippen LogP contribution >= 0.6 is 15.6 Å². The van der Waals surface area contributed by atoms with Gasteiger partial charge < -0.3 is 45.1 Å². The number of nitrogens with zero attached hydrogens (tertiary/aromatic N) is 2. The predicted octanol–water partition coefficient (Wildman–Crippen LogP) is 10.8. The Kier molecular flexibility index (Phi) is 37.5. The lowest BCUT2D eigenvalue weighted by Crippen LogP contribution is -2.36. The van der Waals surface area contributed by atoms with Crippen LogP contribution in [0.15, 0.2) is 102 Å². The number of hydrogen-bond acceptors (Lipinski definition) is 16. The van der Waals surface area contributed by atoms with Gasteiger partial charge in [0.25, 0.3) is 0 Å². The zero-order valence-electron chi connectivity index (χ0n) is 44.9. The minimum Gasteiger partial charge on any atom is -0.462 e. The molecule has 0 spiro atoms. The Labute approximate surface area is 450 Å². The number of rotatable bonds is 44. The smallest absolute Gasteiger partial charge is 0.462 e. The van der Waals surface area contributed by atoms with Crippen LogP contribution < -0.4 is 11.4 Å². The van der Waals surface area contributed by atoms with E-state index >= 15 is 0 Å². The summed E-state index contributed by atoms with van der Waals surface area (Å²) in [7, 11) is -10.9. The van der Waals surface area contributed by atoms with E-state index in [1.807, 2.05) is 42.5 Å². The molecule has 0 aliphatic carbocycles. The van der Waals surface area contributed by atoms with Crippen molar-refractivity contribution in [2.24, 2.45) is 0 Å². The number of carbonyl (C=O) groups excluding carboxylic acids is 2. The number of esters is 2. The number of aliphatic hydroxyl groups excluding tert-OH is 3. The van der Waals surface area contributed by atoms with Crippen LogP contribution in [0.4, 0.5) is 5.82 Å². The monoisotopic (exact) mass is 1110 g/mol. The second-order valence-corrected chi connectivity index (χ2v) is 21.6. The van der Waals surface area contributed by atoms with Gasteiger partial charge in [0.15, 0.2) is 12.3 Å². The predicted molar refractivity (Wildman–Crippen MR) is 294 cm³/mol. The third kappa shape index (κ3) is 33.9. The molecule has 430 valence electrons. The molecular formula is C55H89N3O16P2. The second-order valence-electron chi connectivity index (χ2n) is 18.6. The fourth-order valence-corrected chi connectivity index (χ4v) is 9.65. The maximum absolute atomic E-state index is 12.9. The van der Waals surface area contributed by atoms with Crippen molar-refractivity contribution in [3.63, 3.8) is 0 Å². The van der Waals surface area contributed by atoms with Crippen LogP contribution in [0.2, 0.25) is 0 Å². The molecular weight excluding hydrogens is 1020 g/mol. The Hall–Kier alpha value is -4.10. The number of carbonyl (C=O) groups is 2. The van der Waals surface area contributed by atoms with Crippen LogP contribution in [0.3, 0.4) is 0 Å². The van der Waals surface area contributed by atoms with Crippen LogP contribution in [0, 0.1) is 0 Å². The van der Waals surface area contributed by atoms with Gasteiger partial charge in [-0.25, -0.2) is 13.9 Å². The number of aliphatic hydroxyl groups is 3. The summed E-state index contributed by atoms with van der Waals surface area (Å²) in [6, 6.07) is 1.24. The molecule has 1 aromatic rings. The number of anilines is 1. The van der Waals surface area contributed by atoms with Gasteiger partial charge >= 0.3 is 33.3 Å². The molecule has 2 unspecified atom stereocenters. The molecule has 8 atom stereocenters. The van der Waals surface area contributed by atoms with Gasteiger partial charge in [0.1, 0.15) is 30.7 Å². The van der Waals surface area contributed by atoms with Crippen molar-refractivity contribution in [2.45, 2.75) is 205 Å². The van der Waals surface area contributed by atoms with Crippen molar-refractivity contribution < 1.29 is 71.4 Å². The fourth-order valence-electron chi connectivity index (χ4n) is 7.54. The Morgan fingerprint density at radius 2 is 1.24 bits per heavy atom. The van der Waals surface area contributed by atoms with Gasteiger partial charge in [0.2, 0.25) is 0 Å². The summed E-state index contributed by atoms with van der Waals surface area (Å²) < 4.78 is 56.8. The van der Waals surface area contributed by atoms with E-state index in [2.05, 4.69) is 59.6 Å². The lowest BCUT2D eigenvalue weighted by Gasteiger charge is -2.21. The van der Waals surface area contributed by atoms with Crippen LogP contribution in [0.1, 0.15) is 174 Å². The standard InChI is InChI=1S/C55H89N3O16P2/c1-3-5-7-8-9-10-11-12-13-14-15-16-17-18-19-22-26-29-32-36-40-51(61)72-47(43-69-50(60)39-35-31-28-25-23-20-21-24-27-30-34-38-46(59)37-33-6-4-2)44-70-75(65,66)74-76(67,68)71-45-48-52(62)53(63)54(73-48)58-42-41-49(56)57-55(58)64/h10-11,13-14,16-17,20-21,25,27-28,30,34,38,41-42,46-48,52-54,59,62-63H,3-9,12,15,18-19,22-24,26,29,31-33,35-37,39-40,43-45H2,1-2H3,(H,65,66)(H,67,68)(H2,56,57,64)/b11-10-,14-13-,17-16-,21-20-,28-25-,30-27-,38-34+/t46-,47-,48-,52-,53-,54-/m1/s1. The van der Waals surface area contributed by atoms with Gasteiger partial charge in [-0.05, 0) is 83.1 Å². The number of nitrogens with two attached hydrogens (primary N) is 1. The van der Waals surface area contributed by atoms with Crippen molar-refractivity contribution in [1.82, 2.24) is 9.55 Å². The molecule has 76 heavy (non-hydrogen) atoms. The average molecular weight is 1110 g/mol. The summed E-state index contributed by atoms with van der Waals surface area (Å²) in [6.45, 7) is 1.95.